The molecule has 2 atom stereocenters. The molecule has 47 heavy (non-hydrogen) atoms. The first-order chi connectivity index (χ1) is 22.7. The van der Waals surface area contributed by atoms with Gasteiger partial charge in [-0.25, -0.2) is 14.2 Å². The molecular weight excluding hydrogens is 598 g/mol. The highest BCUT2D eigenvalue weighted by Crippen LogP contribution is 2.35. The number of hydrogen-bond donors (Lipinski definition) is 0. The van der Waals surface area contributed by atoms with Crippen molar-refractivity contribution in [3.05, 3.63) is 42.4 Å². The van der Waals surface area contributed by atoms with E-state index in [4.69, 9.17) is 14.2 Å². The molecule has 3 fully saturated rings. The molecule has 2 saturated heterocycles. The van der Waals surface area contributed by atoms with Gasteiger partial charge in [0.2, 0.25) is 0 Å². The fraction of sp³-hybridized carbons (Fsp3) is 0.588. The van der Waals surface area contributed by atoms with Crippen LogP contribution in [0, 0.1) is 5.92 Å². The standard InChI is InChI=1S/C34H45N9O4/c1-34(2,3)47-33(44)42(19-23-10-11-23)25-8-7-14-40(21-25)31-13-12-24(36-38-31)20-41-22-29(37-39-41)27-16-26(45-4)17-30-28(27)18-35-43(30)32-9-5-6-15-46-32/h12-13,16-18,22-23,25,32H,5-11,14-15,19-21H2,1-4H3/t25-,32?/m1/s1. The van der Waals surface area contributed by atoms with Crippen molar-refractivity contribution in [2.45, 2.75) is 90.1 Å². The highest BCUT2D eigenvalue weighted by molar-refractivity contribution is 5.95. The lowest BCUT2D eigenvalue weighted by molar-refractivity contribution is -0.0366. The molecule has 5 heterocycles. The predicted molar refractivity (Wildman–Crippen MR) is 176 cm³/mol. The zero-order chi connectivity index (χ0) is 32.5. The first-order valence-corrected chi connectivity index (χ1v) is 16.9. The normalized spacial score (nSPS) is 20.4. The van der Waals surface area contributed by atoms with E-state index in [1.807, 2.05) is 67.0 Å². The monoisotopic (exact) mass is 643 g/mol. The molecule has 250 valence electrons. The van der Waals surface area contributed by atoms with Gasteiger partial charge in [-0.2, -0.15) is 10.2 Å². The molecule has 1 unspecified atom stereocenters. The highest BCUT2D eigenvalue weighted by atomic mass is 16.6. The lowest BCUT2D eigenvalue weighted by atomic mass is 10.0. The van der Waals surface area contributed by atoms with E-state index >= 15 is 0 Å². The lowest BCUT2D eigenvalue weighted by Crippen LogP contribution is -2.52. The molecule has 3 aliphatic rings. The summed E-state index contributed by atoms with van der Waals surface area (Å²) in [5.41, 5.74) is 2.83. The average molecular weight is 644 g/mol. The number of nitrogens with zero attached hydrogens (tertiary/aromatic N) is 9. The van der Waals surface area contributed by atoms with Gasteiger partial charge in [0.25, 0.3) is 0 Å². The van der Waals surface area contributed by atoms with Crippen LogP contribution in [-0.4, -0.2) is 91.0 Å². The van der Waals surface area contributed by atoms with Gasteiger partial charge in [-0.05, 0) is 89.8 Å². The van der Waals surface area contributed by atoms with Gasteiger partial charge in [0.1, 0.15) is 17.0 Å². The molecule has 7 rings (SSSR count). The summed E-state index contributed by atoms with van der Waals surface area (Å²) in [6.07, 6.45) is 10.9. The average Bonchev–Trinajstić information content (AvgIpc) is 3.61. The van der Waals surface area contributed by atoms with Crippen molar-refractivity contribution in [3.8, 4) is 17.0 Å². The van der Waals surface area contributed by atoms with E-state index in [9.17, 15) is 4.79 Å². The first kappa shape index (κ1) is 31.3. The summed E-state index contributed by atoms with van der Waals surface area (Å²) in [7, 11) is 1.66. The number of carbonyl (C=O) groups is 1. The van der Waals surface area contributed by atoms with Gasteiger partial charge in [-0.15, -0.1) is 10.2 Å². The summed E-state index contributed by atoms with van der Waals surface area (Å²) >= 11 is 0. The molecule has 0 radical (unpaired) electrons. The molecule has 1 amide bonds. The Labute approximate surface area is 275 Å². The van der Waals surface area contributed by atoms with E-state index in [1.54, 1.807) is 11.8 Å². The molecule has 2 aliphatic heterocycles. The van der Waals surface area contributed by atoms with Crippen molar-refractivity contribution in [3.63, 3.8) is 0 Å². The number of rotatable bonds is 9. The number of benzene rings is 1. The number of aromatic nitrogens is 7. The number of carbonyl (C=O) groups excluding carboxylic acids is 1. The molecule has 4 aromatic rings. The van der Waals surface area contributed by atoms with E-state index in [-0.39, 0.29) is 18.4 Å². The number of hydrogen-bond acceptors (Lipinski definition) is 10. The van der Waals surface area contributed by atoms with Gasteiger partial charge in [0.05, 0.1) is 43.3 Å². The van der Waals surface area contributed by atoms with Crippen molar-refractivity contribution in [1.29, 1.82) is 0 Å². The van der Waals surface area contributed by atoms with Gasteiger partial charge < -0.3 is 24.0 Å². The van der Waals surface area contributed by atoms with Crippen LogP contribution in [0.2, 0.25) is 0 Å². The Balaban J connectivity index is 1.04. The van der Waals surface area contributed by atoms with E-state index in [2.05, 4.69) is 30.5 Å². The topological polar surface area (TPSA) is 126 Å². The van der Waals surface area contributed by atoms with Crippen LogP contribution >= 0.6 is 0 Å². The Kier molecular flexibility index (Phi) is 8.73. The van der Waals surface area contributed by atoms with Crippen LogP contribution in [0.3, 0.4) is 0 Å². The summed E-state index contributed by atoms with van der Waals surface area (Å²) in [5, 5.41) is 23.7. The second-order valence-corrected chi connectivity index (χ2v) is 14.0. The van der Waals surface area contributed by atoms with Crippen molar-refractivity contribution in [2.75, 3.05) is 38.3 Å². The Bertz CT molecular complexity index is 1690. The highest BCUT2D eigenvalue weighted by Gasteiger charge is 2.36. The van der Waals surface area contributed by atoms with Crippen molar-refractivity contribution >= 4 is 22.8 Å². The first-order valence-electron chi connectivity index (χ1n) is 16.9. The van der Waals surface area contributed by atoms with Gasteiger partial charge in [0.15, 0.2) is 12.0 Å². The molecule has 0 spiro atoms. The van der Waals surface area contributed by atoms with Gasteiger partial charge in [-0.3, -0.25) is 0 Å². The third-order valence-corrected chi connectivity index (χ3v) is 9.14. The minimum atomic E-state index is -0.521. The number of piperidine rings is 1. The van der Waals surface area contributed by atoms with Gasteiger partial charge in [0, 0.05) is 43.3 Å². The van der Waals surface area contributed by atoms with Crippen molar-refractivity contribution in [1.82, 2.24) is 39.9 Å². The molecule has 3 aromatic heterocycles. The van der Waals surface area contributed by atoms with E-state index < -0.39 is 5.60 Å². The van der Waals surface area contributed by atoms with Crippen LogP contribution in [0.1, 0.15) is 77.6 Å². The third kappa shape index (κ3) is 7.19. The molecule has 1 saturated carbocycles. The number of anilines is 1. The number of methoxy groups -OCH3 is 1. The Morgan fingerprint density at radius 3 is 2.66 bits per heavy atom. The Morgan fingerprint density at radius 1 is 1.06 bits per heavy atom. The summed E-state index contributed by atoms with van der Waals surface area (Å²) in [6.45, 7) is 9.29. The van der Waals surface area contributed by atoms with Crippen LogP contribution < -0.4 is 9.64 Å². The summed E-state index contributed by atoms with van der Waals surface area (Å²) in [6, 6.07) is 8.05. The number of fused-ring (bicyclic) bond motifs is 1. The molecule has 1 aromatic carbocycles. The molecular formula is C34H45N9O4. The number of amides is 1. The fourth-order valence-electron chi connectivity index (χ4n) is 6.56. The Hall–Kier alpha value is -4.26. The maximum Gasteiger partial charge on any atom is 0.410 e. The van der Waals surface area contributed by atoms with Crippen LogP contribution in [0.25, 0.3) is 22.2 Å². The van der Waals surface area contributed by atoms with Crippen LogP contribution in [0.15, 0.2) is 36.7 Å². The molecule has 13 heteroatoms. The maximum absolute atomic E-state index is 13.2. The number of ether oxygens (including phenoxy) is 3. The van der Waals surface area contributed by atoms with E-state index in [1.165, 1.54) is 12.8 Å². The molecule has 0 N–H and O–H groups in total. The SMILES string of the molecule is COc1cc(-c2cn(Cc3ccc(N4CCC[C@@H](N(CC5CC5)C(=O)OC(C)(C)C)C4)nn3)nn2)c2cnn(C3CCCCO3)c2c1. The quantitative estimate of drug-likeness (QED) is 0.232. The smallest absolute Gasteiger partial charge is 0.410 e. The van der Waals surface area contributed by atoms with Gasteiger partial charge >= 0.3 is 6.09 Å². The largest absolute Gasteiger partial charge is 0.497 e. The minimum Gasteiger partial charge on any atom is -0.497 e. The maximum atomic E-state index is 13.2. The summed E-state index contributed by atoms with van der Waals surface area (Å²) < 4.78 is 21.2. The minimum absolute atomic E-state index is 0.0825. The van der Waals surface area contributed by atoms with Crippen molar-refractivity contribution < 1.29 is 19.0 Å². The fourth-order valence-corrected chi connectivity index (χ4v) is 6.56. The molecule has 13 nitrogen and oxygen atoms in total. The predicted octanol–water partition coefficient (Wildman–Crippen LogP) is 5.46. The van der Waals surface area contributed by atoms with Crippen molar-refractivity contribution in [2.24, 2.45) is 5.92 Å². The third-order valence-electron chi connectivity index (χ3n) is 9.14. The van der Waals surface area contributed by atoms with E-state index in [0.717, 1.165) is 91.2 Å². The molecule has 1 aliphatic carbocycles. The zero-order valence-corrected chi connectivity index (χ0v) is 27.8. The summed E-state index contributed by atoms with van der Waals surface area (Å²) in [4.78, 5) is 17.4. The Morgan fingerprint density at radius 2 is 1.94 bits per heavy atom. The summed E-state index contributed by atoms with van der Waals surface area (Å²) in [5.74, 6) is 2.12. The second kappa shape index (κ2) is 13.1. The van der Waals surface area contributed by atoms with Crippen LogP contribution in [-0.2, 0) is 16.0 Å². The van der Waals surface area contributed by atoms with Gasteiger partial charge in [-0.1, -0.05) is 5.21 Å². The lowest BCUT2D eigenvalue weighted by Gasteiger charge is -2.40. The van der Waals surface area contributed by atoms with E-state index in [0.29, 0.717) is 19.0 Å². The van der Waals surface area contributed by atoms with Crippen LogP contribution in [0.4, 0.5) is 10.6 Å². The zero-order valence-electron chi connectivity index (χ0n) is 27.8. The van der Waals surface area contributed by atoms with Crippen LogP contribution in [0.5, 0.6) is 5.75 Å². The second-order valence-electron chi connectivity index (χ2n) is 14.0. The molecule has 0 bridgehead atoms.